The van der Waals surface area contributed by atoms with Gasteiger partial charge in [-0.1, -0.05) is 0 Å². The Morgan fingerprint density at radius 1 is 1.50 bits per heavy atom. The van der Waals surface area contributed by atoms with Crippen molar-refractivity contribution in [3.63, 3.8) is 0 Å². The molecule has 1 atom stereocenters. The van der Waals surface area contributed by atoms with Gasteiger partial charge >= 0.3 is 0 Å². The van der Waals surface area contributed by atoms with Gasteiger partial charge in [-0.2, -0.15) is 0 Å². The highest BCUT2D eigenvalue weighted by atomic mass is 19.1. The first-order valence-electron chi connectivity index (χ1n) is 5.79. The fraction of sp³-hybridized carbons (Fsp3) is 1.00. The summed E-state index contributed by atoms with van der Waals surface area (Å²) in [4.78, 5) is 2.50. The highest BCUT2D eigenvalue weighted by Crippen LogP contribution is 2.43. The van der Waals surface area contributed by atoms with E-state index in [9.17, 15) is 4.39 Å². The molecule has 3 heteroatoms. The molecule has 1 N–H and O–H groups in total. The number of hydrogen-bond donors (Lipinski definition) is 1. The zero-order chi connectivity index (χ0) is 10.0. The molecule has 0 amide bonds. The van der Waals surface area contributed by atoms with Crippen LogP contribution in [0.1, 0.15) is 26.2 Å². The van der Waals surface area contributed by atoms with Crippen molar-refractivity contribution in [2.75, 3.05) is 32.9 Å². The van der Waals surface area contributed by atoms with E-state index in [2.05, 4.69) is 17.1 Å². The van der Waals surface area contributed by atoms with Crippen LogP contribution in [0.2, 0.25) is 0 Å². The molecule has 82 valence electrons. The van der Waals surface area contributed by atoms with Crippen molar-refractivity contribution in [1.29, 1.82) is 0 Å². The Balaban J connectivity index is 1.95. The molecule has 0 aromatic heterocycles. The second-order valence-corrected chi connectivity index (χ2v) is 4.84. The number of rotatable bonds is 4. The molecule has 2 nitrogen and oxygen atoms in total. The normalized spacial score (nSPS) is 34.7. The minimum absolute atomic E-state index is 0.176. The van der Waals surface area contributed by atoms with Crippen molar-refractivity contribution in [3.8, 4) is 0 Å². The third-order valence-electron chi connectivity index (χ3n) is 3.78. The number of halogens is 1. The zero-order valence-electron chi connectivity index (χ0n) is 9.06. The van der Waals surface area contributed by atoms with E-state index < -0.39 is 0 Å². The molecule has 14 heavy (non-hydrogen) atoms. The molecule has 1 unspecified atom stereocenters. The number of hydrogen-bond acceptors (Lipinski definition) is 2. The predicted octanol–water partition coefficient (Wildman–Crippen LogP) is 1.42. The lowest BCUT2D eigenvalue weighted by Gasteiger charge is -2.46. The average Bonchev–Trinajstić information content (AvgIpc) is 3.00. The van der Waals surface area contributed by atoms with Crippen molar-refractivity contribution < 1.29 is 4.39 Å². The fourth-order valence-electron chi connectivity index (χ4n) is 2.65. The summed E-state index contributed by atoms with van der Waals surface area (Å²) in [6.45, 7) is 6.34. The molecular formula is C11H21FN2. The Hall–Kier alpha value is -0.150. The van der Waals surface area contributed by atoms with Gasteiger partial charge in [0.25, 0.3) is 0 Å². The summed E-state index contributed by atoms with van der Waals surface area (Å²) < 4.78 is 12.2. The molecule has 0 aromatic rings. The van der Waals surface area contributed by atoms with Crippen LogP contribution in [0, 0.1) is 5.92 Å². The summed E-state index contributed by atoms with van der Waals surface area (Å²) in [6, 6.07) is 0. The molecule has 2 fully saturated rings. The van der Waals surface area contributed by atoms with Crippen molar-refractivity contribution in [2.45, 2.75) is 31.7 Å². The molecule has 1 aliphatic heterocycles. The molecule has 1 saturated carbocycles. The molecule has 2 aliphatic rings. The van der Waals surface area contributed by atoms with Gasteiger partial charge in [0.2, 0.25) is 0 Å². The van der Waals surface area contributed by atoms with E-state index in [1.165, 1.54) is 12.8 Å². The maximum absolute atomic E-state index is 12.2. The van der Waals surface area contributed by atoms with Gasteiger partial charge in [0.05, 0.1) is 6.67 Å². The van der Waals surface area contributed by atoms with Crippen molar-refractivity contribution in [3.05, 3.63) is 0 Å². The SMILES string of the molecule is CC1(C2CC2)CNCCN1CCCF. The Labute approximate surface area is 85.9 Å². The van der Waals surface area contributed by atoms with Crippen LogP contribution in [0.5, 0.6) is 0 Å². The molecule has 1 heterocycles. The van der Waals surface area contributed by atoms with Crippen LogP contribution in [-0.4, -0.2) is 43.3 Å². The molecule has 0 bridgehead atoms. The van der Waals surface area contributed by atoms with E-state index in [1.807, 2.05) is 0 Å². The monoisotopic (exact) mass is 200 g/mol. The number of nitrogens with one attached hydrogen (secondary N) is 1. The smallest absolute Gasteiger partial charge is 0.0906 e. The molecule has 0 radical (unpaired) electrons. The lowest BCUT2D eigenvalue weighted by atomic mass is 9.91. The Morgan fingerprint density at radius 2 is 2.29 bits per heavy atom. The van der Waals surface area contributed by atoms with Gasteiger partial charge in [0.1, 0.15) is 0 Å². The Morgan fingerprint density at radius 3 is 2.93 bits per heavy atom. The van der Waals surface area contributed by atoms with E-state index >= 15 is 0 Å². The van der Waals surface area contributed by atoms with E-state index in [1.54, 1.807) is 0 Å². The number of piperazine rings is 1. The molecule has 0 aromatic carbocycles. The average molecular weight is 200 g/mol. The summed E-state index contributed by atoms with van der Waals surface area (Å²) in [5.74, 6) is 0.856. The first-order chi connectivity index (χ1) is 6.77. The lowest BCUT2D eigenvalue weighted by molar-refractivity contribution is 0.0532. The van der Waals surface area contributed by atoms with Gasteiger partial charge in [-0.3, -0.25) is 9.29 Å². The highest BCUT2D eigenvalue weighted by molar-refractivity contribution is 5.02. The molecular weight excluding hydrogens is 179 g/mol. The van der Waals surface area contributed by atoms with Gasteiger partial charge < -0.3 is 5.32 Å². The third kappa shape index (κ3) is 1.94. The van der Waals surface area contributed by atoms with E-state index in [0.29, 0.717) is 12.0 Å². The van der Waals surface area contributed by atoms with Gasteiger partial charge in [-0.15, -0.1) is 0 Å². The number of alkyl halides is 1. The second kappa shape index (κ2) is 4.15. The largest absolute Gasteiger partial charge is 0.314 e. The van der Waals surface area contributed by atoms with Crippen LogP contribution in [0.15, 0.2) is 0 Å². The van der Waals surface area contributed by atoms with Crippen LogP contribution in [0.4, 0.5) is 4.39 Å². The fourth-order valence-corrected chi connectivity index (χ4v) is 2.65. The lowest BCUT2D eigenvalue weighted by Crippen LogP contribution is -2.61. The second-order valence-electron chi connectivity index (χ2n) is 4.84. The van der Waals surface area contributed by atoms with Gasteiger partial charge in [-0.05, 0) is 32.1 Å². The topological polar surface area (TPSA) is 15.3 Å². The molecule has 1 saturated heterocycles. The summed E-state index contributed by atoms with van der Waals surface area (Å²) in [7, 11) is 0. The quantitative estimate of drug-likeness (QED) is 0.738. The highest BCUT2D eigenvalue weighted by Gasteiger charge is 2.46. The summed E-state index contributed by atoms with van der Waals surface area (Å²) in [6.07, 6.45) is 3.43. The molecule has 0 spiro atoms. The Bertz CT molecular complexity index is 194. The summed E-state index contributed by atoms with van der Waals surface area (Å²) >= 11 is 0. The standard InChI is InChI=1S/C11H21FN2/c1-11(10-3-4-10)9-13-6-8-14(11)7-2-5-12/h10,13H,2-9H2,1H3. The molecule has 1 aliphatic carbocycles. The maximum atomic E-state index is 12.2. The van der Waals surface area contributed by atoms with E-state index in [-0.39, 0.29) is 6.67 Å². The van der Waals surface area contributed by atoms with Crippen molar-refractivity contribution in [1.82, 2.24) is 10.2 Å². The number of nitrogens with zero attached hydrogens (tertiary/aromatic N) is 1. The minimum Gasteiger partial charge on any atom is -0.314 e. The van der Waals surface area contributed by atoms with Crippen LogP contribution < -0.4 is 5.32 Å². The van der Waals surface area contributed by atoms with Crippen molar-refractivity contribution in [2.24, 2.45) is 5.92 Å². The molecule has 2 rings (SSSR count). The summed E-state index contributed by atoms with van der Waals surface area (Å²) in [5, 5.41) is 3.47. The predicted molar refractivity (Wildman–Crippen MR) is 56.2 cm³/mol. The van der Waals surface area contributed by atoms with Crippen LogP contribution in [-0.2, 0) is 0 Å². The Kier molecular flexibility index (Phi) is 3.07. The third-order valence-corrected chi connectivity index (χ3v) is 3.78. The van der Waals surface area contributed by atoms with Gasteiger partial charge in [0.15, 0.2) is 0 Å². The van der Waals surface area contributed by atoms with E-state index in [0.717, 1.165) is 32.1 Å². The summed E-state index contributed by atoms with van der Waals surface area (Å²) in [5.41, 5.74) is 0.313. The van der Waals surface area contributed by atoms with Crippen LogP contribution >= 0.6 is 0 Å². The first-order valence-corrected chi connectivity index (χ1v) is 5.79. The first kappa shape index (κ1) is 10.4. The van der Waals surface area contributed by atoms with Crippen molar-refractivity contribution >= 4 is 0 Å². The van der Waals surface area contributed by atoms with E-state index in [4.69, 9.17) is 0 Å². The van der Waals surface area contributed by atoms with Crippen LogP contribution in [0.3, 0.4) is 0 Å². The van der Waals surface area contributed by atoms with Crippen LogP contribution in [0.25, 0.3) is 0 Å². The zero-order valence-corrected chi connectivity index (χ0v) is 9.06. The van der Waals surface area contributed by atoms with Gasteiger partial charge in [-0.25, -0.2) is 0 Å². The minimum atomic E-state index is -0.176. The van der Waals surface area contributed by atoms with Gasteiger partial charge in [0, 0.05) is 31.7 Å². The maximum Gasteiger partial charge on any atom is 0.0906 e.